The third-order valence-corrected chi connectivity index (χ3v) is 4.53. The maximum Gasteiger partial charge on any atom is 0.316 e. The molecule has 0 bridgehead atoms. The average Bonchev–Trinajstić information content (AvgIpc) is 3.00. The molecule has 130 valence electrons. The molecular weight excluding hydrogens is 318 g/mol. The van der Waals surface area contributed by atoms with Gasteiger partial charge in [0, 0.05) is 13.0 Å². The molecule has 1 aliphatic rings. The highest BCUT2D eigenvalue weighted by molar-refractivity contribution is 6.00. The summed E-state index contributed by atoms with van der Waals surface area (Å²) in [5.41, 5.74) is 2.87. The molecule has 3 rings (SSSR count). The lowest BCUT2D eigenvalue weighted by Crippen LogP contribution is -2.27. The Balaban J connectivity index is 1.73. The number of hydrogen-bond donors (Lipinski definition) is 0. The fraction of sp³-hybridized carbons (Fsp3) is 0.300. The van der Waals surface area contributed by atoms with Crippen LogP contribution >= 0.6 is 0 Å². The third-order valence-electron chi connectivity index (χ3n) is 4.53. The van der Waals surface area contributed by atoms with Crippen LogP contribution in [0.3, 0.4) is 0 Å². The number of methoxy groups -OCH3 is 1. The van der Waals surface area contributed by atoms with Crippen molar-refractivity contribution in [2.75, 3.05) is 18.6 Å². The number of anilines is 1. The van der Waals surface area contributed by atoms with E-state index in [1.54, 1.807) is 24.1 Å². The van der Waals surface area contributed by atoms with Crippen molar-refractivity contribution in [3.8, 4) is 11.5 Å². The van der Waals surface area contributed by atoms with Crippen LogP contribution in [0.15, 0.2) is 42.5 Å². The van der Waals surface area contributed by atoms with E-state index >= 15 is 0 Å². The van der Waals surface area contributed by atoms with Gasteiger partial charge in [-0.05, 0) is 49.2 Å². The SMILES string of the molecule is COc1ccccc1N1C[C@@H](C(=O)Oc2ccc(C)c(C)c2)CC1=O. The predicted octanol–water partition coefficient (Wildman–Crippen LogP) is 3.27. The lowest BCUT2D eigenvalue weighted by Gasteiger charge is -2.19. The molecule has 1 saturated heterocycles. The van der Waals surface area contributed by atoms with E-state index in [1.165, 1.54) is 0 Å². The maximum atomic E-state index is 12.5. The summed E-state index contributed by atoms with van der Waals surface area (Å²) in [5, 5.41) is 0. The van der Waals surface area contributed by atoms with Crippen LogP contribution in [-0.4, -0.2) is 25.5 Å². The molecule has 1 amide bonds. The molecule has 0 radical (unpaired) electrons. The first kappa shape index (κ1) is 17.0. The summed E-state index contributed by atoms with van der Waals surface area (Å²) in [6.45, 7) is 4.26. The number of benzene rings is 2. The number of amides is 1. The molecule has 0 aliphatic carbocycles. The highest BCUT2D eigenvalue weighted by atomic mass is 16.5. The second-order valence-electron chi connectivity index (χ2n) is 6.24. The Hall–Kier alpha value is -2.82. The molecular formula is C20H21NO4. The third kappa shape index (κ3) is 3.50. The lowest BCUT2D eigenvalue weighted by molar-refractivity contribution is -0.139. The van der Waals surface area contributed by atoms with Gasteiger partial charge in [-0.2, -0.15) is 0 Å². The van der Waals surface area contributed by atoms with Crippen LogP contribution in [0.25, 0.3) is 0 Å². The van der Waals surface area contributed by atoms with E-state index in [0.717, 1.165) is 11.1 Å². The number of ether oxygens (including phenoxy) is 2. The fourth-order valence-corrected chi connectivity index (χ4v) is 2.93. The van der Waals surface area contributed by atoms with Gasteiger partial charge in [0.25, 0.3) is 0 Å². The van der Waals surface area contributed by atoms with Crippen molar-refractivity contribution in [2.45, 2.75) is 20.3 Å². The number of rotatable bonds is 4. The number of esters is 1. The van der Waals surface area contributed by atoms with E-state index in [-0.39, 0.29) is 18.3 Å². The highest BCUT2D eigenvalue weighted by Crippen LogP contribution is 2.33. The molecule has 1 fully saturated rings. The Morgan fingerprint density at radius 1 is 1.12 bits per heavy atom. The number of hydrogen-bond acceptors (Lipinski definition) is 4. The van der Waals surface area contributed by atoms with Gasteiger partial charge in [0.2, 0.25) is 5.91 Å². The van der Waals surface area contributed by atoms with Gasteiger partial charge in [-0.15, -0.1) is 0 Å². The summed E-state index contributed by atoms with van der Waals surface area (Å²) < 4.78 is 10.8. The van der Waals surface area contributed by atoms with Crippen molar-refractivity contribution >= 4 is 17.6 Å². The normalized spacial score (nSPS) is 16.8. The van der Waals surface area contributed by atoms with Gasteiger partial charge >= 0.3 is 5.97 Å². The first-order valence-corrected chi connectivity index (χ1v) is 8.22. The lowest BCUT2D eigenvalue weighted by atomic mass is 10.1. The first-order chi connectivity index (χ1) is 12.0. The maximum absolute atomic E-state index is 12.5. The molecule has 0 saturated carbocycles. The zero-order valence-corrected chi connectivity index (χ0v) is 14.6. The Kier molecular flexibility index (Phi) is 4.74. The molecule has 0 aromatic heterocycles. The molecule has 1 aliphatic heterocycles. The summed E-state index contributed by atoms with van der Waals surface area (Å²) in [5.74, 6) is 0.148. The van der Waals surface area contributed by atoms with E-state index in [0.29, 0.717) is 23.7 Å². The van der Waals surface area contributed by atoms with Crippen molar-refractivity contribution in [2.24, 2.45) is 5.92 Å². The Morgan fingerprint density at radius 3 is 2.60 bits per heavy atom. The second kappa shape index (κ2) is 6.97. The molecule has 25 heavy (non-hydrogen) atoms. The van der Waals surface area contributed by atoms with Crippen LogP contribution in [-0.2, 0) is 9.59 Å². The van der Waals surface area contributed by atoms with Crippen molar-refractivity contribution in [1.82, 2.24) is 0 Å². The summed E-state index contributed by atoms with van der Waals surface area (Å²) >= 11 is 0. The first-order valence-electron chi connectivity index (χ1n) is 8.22. The molecule has 5 nitrogen and oxygen atoms in total. The topological polar surface area (TPSA) is 55.8 Å². The van der Waals surface area contributed by atoms with Gasteiger partial charge in [0.1, 0.15) is 11.5 Å². The van der Waals surface area contributed by atoms with Gasteiger partial charge in [-0.3, -0.25) is 9.59 Å². The zero-order valence-electron chi connectivity index (χ0n) is 14.6. The quantitative estimate of drug-likeness (QED) is 0.634. The smallest absolute Gasteiger partial charge is 0.316 e. The summed E-state index contributed by atoms with van der Waals surface area (Å²) in [7, 11) is 1.56. The van der Waals surface area contributed by atoms with Gasteiger partial charge in [-0.1, -0.05) is 18.2 Å². The average molecular weight is 339 g/mol. The van der Waals surface area contributed by atoms with Gasteiger partial charge in [0.05, 0.1) is 18.7 Å². The zero-order chi connectivity index (χ0) is 18.0. The molecule has 0 N–H and O–H groups in total. The molecule has 5 heteroatoms. The predicted molar refractivity (Wildman–Crippen MR) is 95.0 cm³/mol. The number of carbonyl (C=O) groups excluding carboxylic acids is 2. The highest BCUT2D eigenvalue weighted by Gasteiger charge is 2.37. The Labute approximate surface area is 147 Å². The minimum atomic E-state index is -0.487. The summed E-state index contributed by atoms with van der Waals surface area (Å²) in [6.07, 6.45) is 0.141. The Morgan fingerprint density at radius 2 is 1.88 bits per heavy atom. The van der Waals surface area contributed by atoms with Gasteiger partial charge < -0.3 is 14.4 Å². The molecule has 1 heterocycles. The summed E-state index contributed by atoms with van der Waals surface area (Å²) in [6, 6.07) is 12.8. The van der Waals surface area contributed by atoms with Gasteiger partial charge in [0.15, 0.2) is 0 Å². The largest absolute Gasteiger partial charge is 0.495 e. The van der Waals surface area contributed by atoms with E-state index in [1.807, 2.05) is 44.2 Å². The molecule has 0 unspecified atom stereocenters. The fourth-order valence-electron chi connectivity index (χ4n) is 2.93. The van der Waals surface area contributed by atoms with Crippen LogP contribution in [0.1, 0.15) is 17.5 Å². The van der Waals surface area contributed by atoms with E-state index in [4.69, 9.17) is 9.47 Å². The van der Waals surface area contributed by atoms with Crippen LogP contribution in [0, 0.1) is 19.8 Å². The molecule has 2 aromatic carbocycles. The Bertz CT molecular complexity index is 815. The van der Waals surface area contributed by atoms with E-state index in [9.17, 15) is 9.59 Å². The molecule has 0 spiro atoms. The van der Waals surface area contributed by atoms with Crippen LogP contribution in [0.2, 0.25) is 0 Å². The van der Waals surface area contributed by atoms with E-state index < -0.39 is 5.92 Å². The minimum Gasteiger partial charge on any atom is -0.495 e. The summed E-state index contributed by atoms with van der Waals surface area (Å²) in [4.78, 5) is 26.4. The second-order valence-corrected chi connectivity index (χ2v) is 6.24. The molecule has 2 aromatic rings. The van der Waals surface area contributed by atoms with Crippen molar-refractivity contribution in [3.05, 3.63) is 53.6 Å². The van der Waals surface area contributed by atoms with Crippen LogP contribution in [0.5, 0.6) is 11.5 Å². The number of carbonyl (C=O) groups is 2. The standard InChI is InChI=1S/C20H21NO4/c1-13-8-9-16(10-14(13)2)25-20(23)15-11-19(22)21(12-15)17-6-4-5-7-18(17)24-3/h4-10,15H,11-12H2,1-3H3/t15-/m0/s1. The number of nitrogens with zero attached hydrogens (tertiary/aromatic N) is 1. The van der Waals surface area contributed by atoms with E-state index in [2.05, 4.69) is 0 Å². The monoisotopic (exact) mass is 339 g/mol. The minimum absolute atomic E-state index is 0.105. The number of para-hydroxylation sites is 2. The van der Waals surface area contributed by atoms with Crippen molar-refractivity contribution < 1.29 is 19.1 Å². The number of aryl methyl sites for hydroxylation is 2. The van der Waals surface area contributed by atoms with Gasteiger partial charge in [-0.25, -0.2) is 0 Å². The van der Waals surface area contributed by atoms with Crippen molar-refractivity contribution in [3.63, 3.8) is 0 Å². The van der Waals surface area contributed by atoms with Crippen LogP contribution < -0.4 is 14.4 Å². The van der Waals surface area contributed by atoms with Crippen molar-refractivity contribution in [1.29, 1.82) is 0 Å². The molecule has 1 atom stereocenters. The van der Waals surface area contributed by atoms with Crippen LogP contribution in [0.4, 0.5) is 5.69 Å².